The van der Waals surface area contributed by atoms with Gasteiger partial charge in [0.15, 0.2) is 0 Å². The van der Waals surface area contributed by atoms with Crippen molar-refractivity contribution in [3.05, 3.63) is 21.9 Å². The van der Waals surface area contributed by atoms with Crippen LogP contribution in [0.4, 0.5) is 0 Å². The van der Waals surface area contributed by atoms with Crippen molar-refractivity contribution in [3.8, 4) is 0 Å². The summed E-state index contributed by atoms with van der Waals surface area (Å²) >= 11 is 1.03. The van der Waals surface area contributed by atoms with Crippen molar-refractivity contribution in [1.29, 1.82) is 0 Å². The Morgan fingerprint density at radius 2 is 2.21 bits per heavy atom. The van der Waals surface area contributed by atoms with Crippen LogP contribution in [-0.2, 0) is 4.74 Å². The van der Waals surface area contributed by atoms with E-state index in [9.17, 15) is 9.59 Å². The van der Waals surface area contributed by atoms with E-state index in [-0.39, 0.29) is 10.8 Å². The first-order valence-corrected chi connectivity index (χ1v) is 7.13. The average Bonchev–Trinajstić information content (AvgIpc) is 3.04. The number of carbonyl (C=O) groups excluding carboxylic acids is 1. The lowest BCUT2D eigenvalue weighted by atomic mass is 10.1. The van der Waals surface area contributed by atoms with E-state index in [0.29, 0.717) is 30.6 Å². The van der Waals surface area contributed by atoms with Crippen LogP contribution in [-0.4, -0.2) is 48.2 Å². The maximum Gasteiger partial charge on any atom is 0.345 e. The molecule has 1 atom stereocenters. The Bertz CT molecular complexity index is 471. The maximum absolute atomic E-state index is 12.2. The SMILES string of the molecule is CCOCC1CCN(C(=O)c2ccc(C(=O)O)s2)C1. The van der Waals surface area contributed by atoms with Crippen molar-refractivity contribution in [2.24, 2.45) is 5.92 Å². The van der Waals surface area contributed by atoms with Crippen LogP contribution in [0.25, 0.3) is 0 Å². The summed E-state index contributed by atoms with van der Waals surface area (Å²) in [6, 6.07) is 3.07. The van der Waals surface area contributed by atoms with Gasteiger partial charge in [-0.3, -0.25) is 4.79 Å². The Balaban J connectivity index is 1.95. The zero-order valence-corrected chi connectivity index (χ0v) is 11.6. The first-order valence-electron chi connectivity index (χ1n) is 6.32. The molecule has 0 aliphatic carbocycles. The highest BCUT2D eigenvalue weighted by molar-refractivity contribution is 7.15. The molecule has 1 fully saturated rings. The third-order valence-electron chi connectivity index (χ3n) is 3.16. The van der Waals surface area contributed by atoms with Gasteiger partial charge in [0.05, 0.1) is 11.5 Å². The van der Waals surface area contributed by atoms with Crippen molar-refractivity contribution in [2.75, 3.05) is 26.3 Å². The van der Waals surface area contributed by atoms with Crippen molar-refractivity contribution in [2.45, 2.75) is 13.3 Å². The number of carboxylic acid groups (broad SMARTS) is 1. The topological polar surface area (TPSA) is 66.8 Å². The molecule has 1 saturated heterocycles. The normalized spacial score (nSPS) is 18.8. The zero-order chi connectivity index (χ0) is 13.8. The number of rotatable bonds is 5. The minimum Gasteiger partial charge on any atom is -0.477 e. The predicted octanol–water partition coefficient (Wildman–Crippen LogP) is 1.94. The smallest absolute Gasteiger partial charge is 0.345 e. The molecule has 0 saturated carbocycles. The lowest BCUT2D eigenvalue weighted by molar-refractivity contribution is 0.0701. The number of ether oxygens (including phenoxy) is 1. The number of amides is 1. The van der Waals surface area contributed by atoms with Crippen LogP contribution in [0.3, 0.4) is 0 Å². The maximum atomic E-state index is 12.2. The first kappa shape index (κ1) is 14.0. The minimum absolute atomic E-state index is 0.0727. The third-order valence-corrected chi connectivity index (χ3v) is 4.22. The molecule has 1 aromatic rings. The van der Waals surface area contributed by atoms with E-state index in [1.165, 1.54) is 6.07 Å². The highest BCUT2D eigenvalue weighted by atomic mass is 32.1. The highest BCUT2D eigenvalue weighted by Crippen LogP contribution is 2.23. The summed E-state index contributed by atoms with van der Waals surface area (Å²) in [5, 5.41) is 8.85. The lowest BCUT2D eigenvalue weighted by Gasteiger charge is -2.15. The molecule has 5 nitrogen and oxygen atoms in total. The van der Waals surface area contributed by atoms with Gasteiger partial charge < -0.3 is 14.7 Å². The molecule has 1 aliphatic rings. The molecule has 0 aromatic carbocycles. The summed E-state index contributed by atoms with van der Waals surface area (Å²) in [5.41, 5.74) is 0. The number of aromatic carboxylic acids is 1. The molecule has 1 aliphatic heterocycles. The Kier molecular flexibility index (Phi) is 4.55. The standard InChI is InChI=1S/C13H17NO4S/c1-2-18-8-9-5-6-14(7-9)12(15)10-3-4-11(19-10)13(16)17/h3-4,9H,2,5-8H2,1H3,(H,16,17). The summed E-state index contributed by atoms with van der Waals surface area (Å²) in [4.78, 5) is 25.5. The second-order valence-corrected chi connectivity index (χ2v) is 5.62. The van der Waals surface area contributed by atoms with E-state index in [4.69, 9.17) is 9.84 Å². The second kappa shape index (κ2) is 6.16. The fraction of sp³-hybridized carbons (Fsp3) is 0.538. The summed E-state index contributed by atoms with van der Waals surface area (Å²) < 4.78 is 5.37. The molecule has 1 amide bonds. The Morgan fingerprint density at radius 1 is 1.47 bits per heavy atom. The minimum atomic E-state index is -0.986. The fourth-order valence-corrected chi connectivity index (χ4v) is 2.97. The van der Waals surface area contributed by atoms with Crippen molar-refractivity contribution in [1.82, 2.24) is 4.90 Å². The van der Waals surface area contributed by atoms with E-state index in [1.54, 1.807) is 11.0 Å². The molecule has 104 valence electrons. The highest BCUT2D eigenvalue weighted by Gasteiger charge is 2.28. The Labute approximate surface area is 115 Å². The molecule has 0 radical (unpaired) electrons. The van der Waals surface area contributed by atoms with E-state index < -0.39 is 5.97 Å². The number of likely N-dealkylation sites (tertiary alicyclic amines) is 1. The fourth-order valence-electron chi connectivity index (χ4n) is 2.16. The molecule has 19 heavy (non-hydrogen) atoms. The van der Waals surface area contributed by atoms with Crippen LogP contribution in [0.15, 0.2) is 12.1 Å². The zero-order valence-electron chi connectivity index (χ0n) is 10.8. The number of thiophene rings is 1. The van der Waals surface area contributed by atoms with Gasteiger partial charge in [0.25, 0.3) is 5.91 Å². The Morgan fingerprint density at radius 3 is 2.84 bits per heavy atom. The van der Waals surface area contributed by atoms with Gasteiger partial charge in [0.1, 0.15) is 4.88 Å². The first-order chi connectivity index (χ1) is 9.11. The second-order valence-electron chi connectivity index (χ2n) is 4.53. The van der Waals surface area contributed by atoms with Gasteiger partial charge in [-0.2, -0.15) is 0 Å². The van der Waals surface area contributed by atoms with Gasteiger partial charge in [-0.15, -0.1) is 11.3 Å². The molecule has 1 aromatic heterocycles. The van der Waals surface area contributed by atoms with E-state index in [0.717, 1.165) is 24.3 Å². The molecule has 2 rings (SSSR count). The lowest BCUT2D eigenvalue weighted by Crippen LogP contribution is -2.28. The van der Waals surface area contributed by atoms with Crippen LogP contribution < -0.4 is 0 Å². The van der Waals surface area contributed by atoms with Crippen LogP contribution >= 0.6 is 11.3 Å². The number of nitrogens with zero attached hydrogens (tertiary/aromatic N) is 1. The quantitative estimate of drug-likeness (QED) is 0.897. The van der Waals surface area contributed by atoms with Gasteiger partial charge in [-0.1, -0.05) is 0 Å². The molecule has 1 unspecified atom stereocenters. The van der Waals surface area contributed by atoms with Gasteiger partial charge in [0, 0.05) is 25.6 Å². The van der Waals surface area contributed by atoms with Crippen molar-refractivity contribution >= 4 is 23.2 Å². The predicted molar refractivity (Wildman–Crippen MR) is 71.8 cm³/mol. The summed E-state index contributed by atoms with van der Waals surface area (Å²) in [6.45, 7) is 4.75. The van der Waals surface area contributed by atoms with E-state index in [1.807, 2.05) is 6.92 Å². The van der Waals surface area contributed by atoms with Gasteiger partial charge in [-0.25, -0.2) is 4.79 Å². The van der Waals surface area contributed by atoms with Crippen LogP contribution in [0.2, 0.25) is 0 Å². The number of carbonyl (C=O) groups is 2. The third kappa shape index (κ3) is 3.33. The number of hydrogen-bond acceptors (Lipinski definition) is 4. The summed E-state index contributed by atoms with van der Waals surface area (Å²) in [5.74, 6) is -0.668. The van der Waals surface area contributed by atoms with E-state index >= 15 is 0 Å². The van der Waals surface area contributed by atoms with Gasteiger partial charge in [0.2, 0.25) is 0 Å². The monoisotopic (exact) mass is 283 g/mol. The molecule has 2 heterocycles. The molecular formula is C13H17NO4S. The molecule has 0 bridgehead atoms. The van der Waals surface area contributed by atoms with Gasteiger partial charge in [-0.05, 0) is 25.5 Å². The Hall–Kier alpha value is -1.40. The van der Waals surface area contributed by atoms with Crippen LogP contribution in [0.1, 0.15) is 32.7 Å². The van der Waals surface area contributed by atoms with Crippen molar-refractivity contribution < 1.29 is 19.4 Å². The van der Waals surface area contributed by atoms with Gasteiger partial charge >= 0.3 is 5.97 Å². The van der Waals surface area contributed by atoms with Crippen molar-refractivity contribution in [3.63, 3.8) is 0 Å². The number of carboxylic acids is 1. The largest absolute Gasteiger partial charge is 0.477 e. The van der Waals surface area contributed by atoms with E-state index in [2.05, 4.69) is 0 Å². The van der Waals surface area contributed by atoms with Crippen LogP contribution in [0.5, 0.6) is 0 Å². The summed E-state index contributed by atoms with van der Waals surface area (Å²) in [6.07, 6.45) is 0.947. The molecule has 6 heteroatoms. The molecule has 0 spiro atoms. The summed E-state index contributed by atoms with van der Waals surface area (Å²) in [7, 11) is 0. The average molecular weight is 283 g/mol. The molecule has 1 N–H and O–H groups in total. The number of hydrogen-bond donors (Lipinski definition) is 1. The van der Waals surface area contributed by atoms with Crippen LogP contribution in [0, 0.1) is 5.92 Å². The molecular weight excluding hydrogens is 266 g/mol.